The fourth-order valence-electron chi connectivity index (χ4n) is 3.02. The summed E-state index contributed by atoms with van der Waals surface area (Å²) in [6, 6.07) is 6.39. The largest absolute Gasteiger partial charge is 0.453 e. The van der Waals surface area contributed by atoms with Gasteiger partial charge < -0.3 is 20.5 Å². The standard InChI is InChI=1S/C16H21ClN2O4/c1-22-16(21)19-14(15(18)20)13(11-6-8-23-9-7-11)10-2-4-12(17)5-3-10/h2-5,11,13-14H,6-9H2,1H3,(H2,18,20)(H,19,21)/t13-,14?/m1/s1. The van der Waals surface area contributed by atoms with Gasteiger partial charge in [-0.1, -0.05) is 23.7 Å². The lowest BCUT2D eigenvalue weighted by Gasteiger charge is -2.35. The van der Waals surface area contributed by atoms with Crippen molar-refractivity contribution < 1.29 is 19.1 Å². The van der Waals surface area contributed by atoms with Gasteiger partial charge in [-0.3, -0.25) is 4.79 Å². The maximum absolute atomic E-state index is 12.0. The first-order chi connectivity index (χ1) is 11.0. The topological polar surface area (TPSA) is 90.6 Å². The smallest absolute Gasteiger partial charge is 0.407 e. The van der Waals surface area contributed by atoms with Crippen LogP contribution >= 0.6 is 11.6 Å². The van der Waals surface area contributed by atoms with Crippen LogP contribution in [0.2, 0.25) is 5.02 Å². The average Bonchev–Trinajstić information content (AvgIpc) is 2.56. The summed E-state index contributed by atoms with van der Waals surface area (Å²) in [5.74, 6) is -0.686. The van der Waals surface area contributed by atoms with Crippen molar-refractivity contribution in [1.82, 2.24) is 5.32 Å². The molecule has 0 bridgehead atoms. The van der Waals surface area contributed by atoms with Crippen molar-refractivity contribution in [3.05, 3.63) is 34.9 Å². The minimum Gasteiger partial charge on any atom is -0.453 e. The summed E-state index contributed by atoms with van der Waals surface area (Å²) in [5.41, 5.74) is 6.45. The third-order valence-electron chi connectivity index (χ3n) is 4.15. The molecular formula is C16H21ClN2O4. The number of primary amides is 1. The van der Waals surface area contributed by atoms with Crippen molar-refractivity contribution in [2.24, 2.45) is 11.7 Å². The second-order valence-electron chi connectivity index (χ2n) is 5.54. The van der Waals surface area contributed by atoms with E-state index in [0.29, 0.717) is 18.2 Å². The van der Waals surface area contributed by atoms with E-state index in [0.717, 1.165) is 18.4 Å². The predicted molar refractivity (Wildman–Crippen MR) is 86.3 cm³/mol. The zero-order chi connectivity index (χ0) is 16.8. The van der Waals surface area contributed by atoms with Crippen molar-refractivity contribution in [3.63, 3.8) is 0 Å². The Labute approximate surface area is 140 Å². The van der Waals surface area contributed by atoms with Crippen LogP contribution in [0.4, 0.5) is 4.79 Å². The van der Waals surface area contributed by atoms with Gasteiger partial charge >= 0.3 is 6.09 Å². The molecule has 6 nitrogen and oxygen atoms in total. The number of alkyl carbamates (subject to hydrolysis) is 1. The highest BCUT2D eigenvalue weighted by atomic mass is 35.5. The van der Waals surface area contributed by atoms with E-state index in [1.807, 2.05) is 12.1 Å². The summed E-state index contributed by atoms with van der Waals surface area (Å²) in [4.78, 5) is 23.6. The van der Waals surface area contributed by atoms with Crippen molar-refractivity contribution in [2.45, 2.75) is 24.8 Å². The second kappa shape index (κ2) is 8.17. The fraction of sp³-hybridized carbons (Fsp3) is 0.500. The van der Waals surface area contributed by atoms with Gasteiger partial charge in [-0.15, -0.1) is 0 Å². The molecule has 1 heterocycles. The molecule has 23 heavy (non-hydrogen) atoms. The Balaban J connectivity index is 2.34. The van der Waals surface area contributed by atoms with Crippen LogP contribution in [0.1, 0.15) is 24.3 Å². The number of nitrogens with two attached hydrogens (primary N) is 1. The number of rotatable bonds is 5. The second-order valence-corrected chi connectivity index (χ2v) is 5.98. The molecule has 2 rings (SSSR count). The lowest BCUT2D eigenvalue weighted by atomic mass is 9.76. The Morgan fingerprint density at radius 1 is 1.30 bits per heavy atom. The molecule has 1 aromatic rings. The first-order valence-corrected chi connectivity index (χ1v) is 7.87. The Kier molecular flexibility index (Phi) is 6.24. The Bertz CT molecular complexity index is 544. The number of carbonyl (C=O) groups is 2. The van der Waals surface area contributed by atoms with Crippen molar-refractivity contribution >= 4 is 23.6 Å². The fourth-order valence-corrected chi connectivity index (χ4v) is 3.15. The van der Waals surface area contributed by atoms with Crippen LogP contribution in [0, 0.1) is 5.92 Å². The molecule has 1 aliphatic heterocycles. The molecule has 1 aliphatic rings. The van der Waals surface area contributed by atoms with E-state index >= 15 is 0 Å². The van der Waals surface area contributed by atoms with Crippen molar-refractivity contribution in [2.75, 3.05) is 20.3 Å². The number of nitrogens with one attached hydrogen (secondary N) is 1. The van der Waals surface area contributed by atoms with E-state index < -0.39 is 18.0 Å². The SMILES string of the molecule is COC(=O)NC(C(N)=O)[C@H](c1ccc(Cl)cc1)C1CCOCC1. The molecule has 1 fully saturated rings. The highest BCUT2D eigenvalue weighted by Gasteiger charge is 2.36. The third-order valence-corrected chi connectivity index (χ3v) is 4.41. The number of methoxy groups -OCH3 is 1. The predicted octanol–water partition coefficient (Wildman–Crippen LogP) is 2.06. The maximum Gasteiger partial charge on any atom is 0.407 e. The summed E-state index contributed by atoms with van der Waals surface area (Å²) in [6.07, 6.45) is 0.902. The Hall–Kier alpha value is -1.79. The summed E-state index contributed by atoms with van der Waals surface area (Å²) in [7, 11) is 1.25. The number of halogens is 1. The number of benzene rings is 1. The molecule has 1 aromatic carbocycles. The molecule has 0 spiro atoms. The summed E-state index contributed by atoms with van der Waals surface area (Å²) < 4.78 is 10.0. The van der Waals surface area contributed by atoms with Gasteiger partial charge in [-0.2, -0.15) is 0 Å². The van der Waals surface area contributed by atoms with E-state index in [1.54, 1.807) is 12.1 Å². The van der Waals surface area contributed by atoms with Crippen molar-refractivity contribution in [1.29, 1.82) is 0 Å². The number of hydrogen-bond donors (Lipinski definition) is 2. The van der Waals surface area contributed by atoms with Crippen LogP contribution in [-0.4, -0.2) is 38.4 Å². The van der Waals surface area contributed by atoms with Crippen molar-refractivity contribution in [3.8, 4) is 0 Å². The molecule has 2 amide bonds. The monoisotopic (exact) mass is 340 g/mol. The molecule has 0 aromatic heterocycles. The highest BCUT2D eigenvalue weighted by Crippen LogP contribution is 2.35. The zero-order valence-electron chi connectivity index (χ0n) is 13.0. The Morgan fingerprint density at radius 2 is 1.91 bits per heavy atom. The van der Waals surface area contributed by atoms with Gasteiger partial charge in [-0.25, -0.2) is 4.79 Å². The number of carbonyl (C=O) groups excluding carboxylic acids is 2. The van der Waals surface area contributed by atoms with E-state index in [1.165, 1.54) is 7.11 Å². The molecule has 126 valence electrons. The van der Waals surface area contributed by atoms with Gasteiger partial charge in [0.05, 0.1) is 7.11 Å². The Morgan fingerprint density at radius 3 is 2.43 bits per heavy atom. The van der Waals surface area contributed by atoms with Gasteiger partial charge in [0.15, 0.2) is 0 Å². The van der Waals surface area contributed by atoms with E-state index in [-0.39, 0.29) is 11.8 Å². The van der Waals surface area contributed by atoms with E-state index in [2.05, 4.69) is 10.1 Å². The van der Waals surface area contributed by atoms with Crippen LogP contribution in [0.25, 0.3) is 0 Å². The third kappa shape index (κ3) is 4.59. The van der Waals surface area contributed by atoms with Crippen LogP contribution in [0.3, 0.4) is 0 Å². The van der Waals surface area contributed by atoms with Gasteiger partial charge in [0.2, 0.25) is 5.91 Å². The molecule has 0 radical (unpaired) electrons. The summed E-state index contributed by atoms with van der Waals surface area (Å²) in [6.45, 7) is 1.25. The van der Waals surface area contributed by atoms with Gasteiger partial charge in [-0.05, 0) is 36.5 Å². The quantitative estimate of drug-likeness (QED) is 0.858. The lowest BCUT2D eigenvalue weighted by molar-refractivity contribution is -0.121. The van der Waals surface area contributed by atoms with Gasteiger partial charge in [0.1, 0.15) is 6.04 Å². The zero-order valence-corrected chi connectivity index (χ0v) is 13.7. The van der Waals surface area contributed by atoms with Crippen LogP contribution in [-0.2, 0) is 14.3 Å². The first-order valence-electron chi connectivity index (χ1n) is 7.50. The minimum absolute atomic E-state index is 0.166. The van der Waals surface area contributed by atoms with Crippen LogP contribution < -0.4 is 11.1 Å². The highest BCUT2D eigenvalue weighted by molar-refractivity contribution is 6.30. The molecule has 1 unspecified atom stereocenters. The maximum atomic E-state index is 12.0. The molecule has 7 heteroatoms. The summed E-state index contributed by atoms with van der Waals surface area (Å²) >= 11 is 5.95. The van der Waals surface area contributed by atoms with E-state index in [4.69, 9.17) is 22.1 Å². The molecule has 1 saturated heterocycles. The summed E-state index contributed by atoms with van der Waals surface area (Å²) in [5, 5.41) is 3.17. The van der Waals surface area contributed by atoms with Gasteiger partial charge in [0, 0.05) is 24.2 Å². The molecule has 0 aliphatic carbocycles. The van der Waals surface area contributed by atoms with Gasteiger partial charge in [0.25, 0.3) is 0 Å². The molecule has 2 atom stereocenters. The number of hydrogen-bond acceptors (Lipinski definition) is 4. The number of amides is 2. The van der Waals surface area contributed by atoms with E-state index in [9.17, 15) is 9.59 Å². The van der Waals surface area contributed by atoms with Crippen LogP contribution in [0.5, 0.6) is 0 Å². The van der Waals surface area contributed by atoms with Crippen LogP contribution in [0.15, 0.2) is 24.3 Å². The molecular weight excluding hydrogens is 320 g/mol. The normalized spacial score (nSPS) is 18.0. The number of ether oxygens (including phenoxy) is 2. The average molecular weight is 341 g/mol. The first kappa shape index (κ1) is 17.6. The molecule has 3 N–H and O–H groups in total. The lowest BCUT2D eigenvalue weighted by Crippen LogP contribution is -2.50. The minimum atomic E-state index is -0.855. The molecule has 0 saturated carbocycles.